The maximum absolute atomic E-state index is 14.1. The first-order chi connectivity index (χ1) is 12.7. The van der Waals surface area contributed by atoms with Crippen molar-refractivity contribution in [3.63, 3.8) is 0 Å². The summed E-state index contributed by atoms with van der Waals surface area (Å²) >= 11 is 0. The summed E-state index contributed by atoms with van der Waals surface area (Å²) in [7, 11) is -5.13. The molecule has 1 saturated carbocycles. The highest BCUT2D eigenvalue weighted by Crippen LogP contribution is 2.35. The summed E-state index contributed by atoms with van der Waals surface area (Å²) in [6, 6.07) is 4.41. The second kappa shape index (κ2) is 7.16. The molecule has 3 rings (SSSR count). The Morgan fingerprint density at radius 2 is 1.37 bits per heavy atom. The van der Waals surface area contributed by atoms with Crippen LogP contribution in [0.1, 0.15) is 24.8 Å². The third-order valence-corrected chi connectivity index (χ3v) is 6.42. The highest BCUT2D eigenvalue weighted by Gasteiger charge is 2.41. The van der Waals surface area contributed by atoms with Gasteiger partial charge in [0.1, 0.15) is 5.82 Å². The number of rotatable bonds is 5. The van der Waals surface area contributed by atoms with Crippen LogP contribution in [-0.2, 0) is 16.6 Å². The summed E-state index contributed by atoms with van der Waals surface area (Å²) in [5.41, 5.74) is -0.0863. The molecule has 1 fully saturated rings. The molecule has 2 aromatic rings. The Morgan fingerprint density at radius 1 is 0.852 bits per heavy atom. The Balaban J connectivity index is 2.14. The molecule has 10 heteroatoms. The van der Waals surface area contributed by atoms with Crippen LogP contribution in [-0.4, -0.2) is 18.8 Å². The Labute approximate surface area is 151 Å². The van der Waals surface area contributed by atoms with Gasteiger partial charge in [0.25, 0.3) is 0 Å². The Kier molecular flexibility index (Phi) is 5.22. The Morgan fingerprint density at radius 3 is 1.85 bits per heavy atom. The van der Waals surface area contributed by atoms with Gasteiger partial charge in [0.05, 0.1) is 0 Å². The van der Waals surface area contributed by atoms with Crippen LogP contribution in [0.5, 0.6) is 0 Å². The fraction of sp³-hybridized carbons (Fsp3) is 0.294. The molecule has 0 unspecified atom stereocenters. The van der Waals surface area contributed by atoms with Crippen molar-refractivity contribution in [3.05, 3.63) is 64.7 Å². The molecule has 3 nitrogen and oxygen atoms in total. The van der Waals surface area contributed by atoms with Crippen LogP contribution in [0, 0.1) is 34.9 Å². The number of hydrogen-bond acceptors (Lipinski definition) is 2. The number of benzene rings is 2. The van der Waals surface area contributed by atoms with Gasteiger partial charge >= 0.3 is 0 Å². The average molecular weight is 409 g/mol. The summed E-state index contributed by atoms with van der Waals surface area (Å²) in [6.07, 6.45) is 1.26. The summed E-state index contributed by atoms with van der Waals surface area (Å²) in [5, 5.41) is 0. The molecule has 0 amide bonds. The van der Waals surface area contributed by atoms with Crippen molar-refractivity contribution in [2.24, 2.45) is 0 Å². The van der Waals surface area contributed by atoms with E-state index in [-0.39, 0.29) is 5.56 Å². The van der Waals surface area contributed by atoms with Crippen LogP contribution in [0.4, 0.5) is 26.3 Å². The summed E-state index contributed by atoms with van der Waals surface area (Å²) in [5.74, 6) is -12.8. The predicted octanol–water partition coefficient (Wildman–Crippen LogP) is 4.26. The summed E-state index contributed by atoms with van der Waals surface area (Å²) in [4.78, 5) is -1.93. The lowest BCUT2D eigenvalue weighted by molar-refractivity contribution is 0.210. The van der Waals surface area contributed by atoms with Crippen LogP contribution < -0.4 is 0 Å². The Bertz CT molecular complexity index is 962. The maximum Gasteiger partial charge on any atom is 0.249 e. The zero-order chi connectivity index (χ0) is 19.9. The van der Waals surface area contributed by atoms with Crippen molar-refractivity contribution in [2.45, 2.75) is 36.7 Å². The molecule has 0 N–H and O–H groups in total. The third-order valence-electron chi connectivity index (χ3n) is 4.50. The molecule has 0 radical (unpaired) electrons. The van der Waals surface area contributed by atoms with Crippen LogP contribution >= 0.6 is 0 Å². The molecule has 1 aliphatic rings. The zero-order valence-electron chi connectivity index (χ0n) is 13.7. The van der Waals surface area contributed by atoms with Crippen LogP contribution in [0.25, 0.3) is 0 Å². The van der Waals surface area contributed by atoms with Gasteiger partial charge in [-0.2, -0.15) is 4.31 Å². The van der Waals surface area contributed by atoms with E-state index in [1.165, 1.54) is 18.2 Å². The van der Waals surface area contributed by atoms with E-state index in [2.05, 4.69) is 0 Å². The molecule has 0 aliphatic heterocycles. The van der Waals surface area contributed by atoms with E-state index in [0.29, 0.717) is 23.6 Å². The quantitative estimate of drug-likeness (QED) is 0.420. The number of sulfonamides is 1. The Hall–Kier alpha value is -2.07. The first-order valence-corrected chi connectivity index (χ1v) is 9.37. The molecule has 0 spiro atoms. The van der Waals surface area contributed by atoms with Gasteiger partial charge in [-0.25, -0.2) is 34.8 Å². The van der Waals surface area contributed by atoms with E-state index in [4.69, 9.17) is 0 Å². The van der Waals surface area contributed by atoms with Crippen molar-refractivity contribution >= 4 is 10.0 Å². The van der Waals surface area contributed by atoms with E-state index in [9.17, 15) is 34.8 Å². The third kappa shape index (κ3) is 3.31. The molecule has 0 heterocycles. The highest BCUT2D eigenvalue weighted by molar-refractivity contribution is 7.89. The lowest BCUT2D eigenvalue weighted by Crippen LogP contribution is -2.44. The molecule has 0 saturated heterocycles. The van der Waals surface area contributed by atoms with Crippen molar-refractivity contribution < 1.29 is 34.8 Å². The first-order valence-electron chi connectivity index (χ1n) is 7.93. The molecule has 146 valence electrons. The standard InChI is InChI=1S/C17H13F6NO2S/c18-11-7-2-1-4-9(11)8-24(10-5-3-6-10)27(25,26)17-15(22)13(20)12(19)14(21)16(17)23/h1-2,4,7,10H,3,5-6,8H2. The minimum Gasteiger partial charge on any atom is -0.207 e. The van der Waals surface area contributed by atoms with Gasteiger partial charge in [-0.3, -0.25) is 0 Å². The van der Waals surface area contributed by atoms with E-state index >= 15 is 0 Å². The molecule has 0 atom stereocenters. The SMILES string of the molecule is O=S(=O)(c1c(F)c(F)c(F)c(F)c1F)N(Cc1ccccc1F)C1CCC1. The molecule has 0 aromatic heterocycles. The fourth-order valence-electron chi connectivity index (χ4n) is 2.81. The predicted molar refractivity (Wildman–Crippen MR) is 83.0 cm³/mol. The van der Waals surface area contributed by atoms with Crippen molar-refractivity contribution in [1.82, 2.24) is 4.31 Å². The lowest BCUT2D eigenvalue weighted by Gasteiger charge is -2.36. The van der Waals surface area contributed by atoms with Gasteiger partial charge in [-0.15, -0.1) is 0 Å². The van der Waals surface area contributed by atoms with E-state index in [0.717, 1.165) is 6.07 Å². The normalized spacial score (nSPS) is 15.2. The highest BCUT2D eigenvalue weighted by atomic mass is 32.2. The van der Waals surface area contributed by atoms with Crippen molar-refractivity contribution in [2.75, 3.05) is 0 Å². The molecule has 0 bridgehead atoms. The van der Waals surface area contributed by atoms with E-state index < -0.39 is 62.4 Å². The minimum atomic E-state index is -5.13. The molecule has 27 heavy (non-hydrogen) atoms. The lowest BCUT2D eigenvalue weighted by atomic mass is 9.93. The number of nitrogens with zero attached hydrogens (tertiary/aromatic N) is 1. The second-order valence-electron chi connectivity index (χ2n) is 6.13. The minimum absolute atomic E-state index is 0.0863. The van der Waals surface area contributed by atoms with Gasteiger partial charge in [0.2, 0.25) is 15.8 Å². The number of hydrogen-bond donors (Lipinski definition) is 0. The van der Waals surface area contributed by atoms with Gasteiger partial charge in [0.15, 0.2) is 28.2 Å². The van der Waals surface area contributed by atoms with Crippen LogP contribution in [0.15, 0.2) is 29.2 Å². The van der Waals surface area contributed by atoms with Gasteiger partial charge in [-0.1, -0.05) is 24.6 Å². The zero-order valence-corrected chi connectivity index (χ0v) is 14.5. The molecular formula is C17H13F6NO2S. The smallest absolute Gasteiger partial charge is 0.207 e. The van der Waals surface area contributed by atoms with Crippen molar-refractivity contribution in [3.8, 4) is 0 Å². The van der Waals surface area contributed by atoms with Gasteiger partial charge in [-0.05, 0) is 18.9 Å². The van der Waals surface area contributed by atoms with Gasteiger partial charge < -0.3 is 0 Å². The summed E-state index contributed by atoms with van der Waals surface area (Å²) < 4.78 is 108. The fourth-order valence-corrected chi connectivity index (χ4v) is 4.59. The number of halogens is 6. The van der Waals surface area contributed by atoms with E-state index in [1.807, 2.05) is 0 Å². The molecule has 2 aromatic carbocycles. The topological polar surface area (TPSA) is 37.4 Å². The molecule has 1 aliphatic carbocycles. The molecular weight excluding hydrogens is 396 g/mol. The maximum atomic E-state index is 14.1. The monoisotopic (exact) mass is 409 g/mol. The van der Waals surface area contributed by atoms with Crippen molar-refractivity contribution in [1.29, 1.82) is 0 Å². The van der Waals surface area contributed by atoms with Crippen LogP contribution in [0.2, 0.25) is 0 Å². The summed E-state index contributed by atoms with van der Waals surface area (Å²) in [6.45, 7) is -0.598. The van der Waals surface area contributed by atoms with Crippen LogP contribution in [0.3, 0.4) is 0 Å². The largest absolute Gasteiger partial charge is 0.249 e. The average Bonchev–Trinajstić information content (AvgIpc) is 2.58. The van der Waals surface area contributed by atoms with Gasteiger partial charge in [0, 0.05) is 18.2 Å². The van der Waals surface area contributed by atoms with E-state index in [1.54, 1.807) is 0 Å². The first kappa shape index (κ1) is 19.7. The second-order valence-corrected chi connectivity index (χ2v) is 7.95.